The number of methoxy groups -OCH3 is 1. The van der Waals surface area contributed by atoms with Crippen molar-refractivity contribution in [2.75, 3.05) is 59.7 Å². The van der Waals surface area contributed by atoms with Gasteiger partial charge in [0.1, 0.15) is 0 Å². The van der Waals surface area contributed by atoms with Crippen molar-refractivity contribution in [1.82, 2.24) is 10.2 Å². The molecule has 0 saturated carbocycles. The molecule has 1 aliphatic heterocycles. The molecule has 1 fully saturated rings. The molecule has 0 amide bonds. The van der Waals surface area contributed by atoms with Gasteiger partial charge >= 0.3 is 0 Å². The average molecular weight is 485 g/mol. The van der Waals surface area contributed by atoms with Crippen LogP contribution in [0.2, 0.25) is 0 Å². The van der Waals surface area contributed by atoms with Crippen LogP contribution in [0.1, 0.15) is 52.4 Å². The van der Waals surface area contributed by atoms with Gasteiger partial charge in [0, 0.05) is 59.7 Å². The van der Waals surface area contributed by atoms with E-state index in [9.17, 15) is 0 Å². The topological polar surface area (TPSA) is 55.3 Å². The van der Waals surface area contributed by atoms with Gasteiger partial charge in [0.2, 0.25) is 0 Å². The van der Waals surface area contributed by atoms with Crippen LogP contribution in [0.3, 0.4) is 0 Å². The zero-order chi connectivity index (χ0) is 18.2. The Hall–Kier alpha value is -0.120. The first-order chi connectivity index (χ1) is 12.3. The van der Waals surface area contributed by atoms with E-state index in [1.165, 1.54) is 6.42 Å². The molecule has 0 aromatic heterocycles. The van der Waals surface area contributed by atoms with E-state index in [1.54, 1.807) is 7.11 Å². The van der Waals surface area contributed by atoms with Crippen LogP contribution < -0.4 is 5.32 Å². The predicted molar refractivity (Wildman–Crippen MR) is 119 cm³/mol. The Labute approximate surface area is 177 Å². The Morgan fingerprint density at radius 1 is 1.04 bits per heavy atom. The standard InChI is InChI=1S/C19H39N3O3.HI/c1-4-6-15-24-16-7-11-21-19(20-5-2)22-12-9-18(10-13-22)25-17-8-14-23-3;/h18H,4-17H2,1-3H3,(H,20,21);1H. The molecular formula is C19H40IN3O3. The zero-order valence-electron chi connectivity index (χ0n) is 17.0. The second-order valence-corrected chi connectivity index (χ2v) is 6.46. The molecule has 1 saturated heterocycles. The number of hydrogen-bond donors (Lipinski definition) is 1. The van der Waals surface area contributed by atoms with Gasteiger partial charge in [-0.25, -0.2) is 0 Å². The third kappa shape index (κ3) is 12.3. The van der Waals surface area contributed by atoms with Crippen molar-refractivity contribution >= 4 is 29.9 Å². The van der Waals surface area contributed by atoms with Crippen molar-refractivity contribution in [3.8, 4) is 0 Å². The molecule has 156 valence electrons. The maximum Gasteiger partial charge on any atom is 0.193 e. The minimum Gasteiger partial charge on any atom is -0.385 e. The number of hydrogen-bond acceptors (Lipinski definition) is 4. The number of ether oxygens (including phenoxy) is 3. The first kappa shape index (κ1) is 25.9. The summed E-state index contributed by atoms with van der Waals surface area (Å²) in [6.07, 6.45) is 6.81. The van der Waals surface area contributed by atoms with Gasteiger partial charge in [-0.3, -0.25) is 4.99 Å². The van der Waals surface area contributed by atoms with Gasteiger partial charge < -0.3 is 24.4 Å². The highest BCUT2D eigenvalue weighted by Gasteiger charge is 2.21. The Morgan fingerprint density at radius 3 is 2.42 bits per heavy atom. The highest BCUT2D eigenvalue weighted by atomic mass is 127. The second kappa shape index (κ2) is 18.3. The van der Waals surface area contributed by atoms with Crippen LogP contribution in [0.15, 0.2) is 4.99 Å². The molecule has 0 atom stereocenters. The molecule has 1 heterocycles. The van der Waals surface area contributed by atoms with Crippen molar-refractivity contribution < 1.29 is 14.2 Å². The monoisotopic (exact) mass is 485 g/mol. The minimum atomic E-state index is 0. The first-order valence-corrected chi connectivity index (χ1v) is 10.0. The summed E-state index contributed by atoms with van der Waals surface area (Å²) in [5.41, 5.74) is 0. The number of nitrogens with one attached hydrogen (secondary N) is 1. The van der Waals surface area contributed by atoms with Crippen LogP contribution >= 0.6 is 24.0 Å². The lowest BCUT2D eigenvalue weighted by Gasteiger charge is -2.34. The van der Waals surface area contributed by atoms with Gasteiger partial charge in [0.25, 0.3) is 0 Å². The molecule has 0 aliphatic carbocycles. The molecule has 0 radical (unpaired) electrons. The Kier molecular flexibility index (Phi) is 18.2. The van der Waals surface area contributed by atoms with E-state index < -0.39 is 0 Å². The molecule has 0 aromatic rings. The van der Waals surface area contributed by atoms with Crippen molar-refractivity contribution in [2.24, 2.45) is 4.99 Å². The number of nitrogens with zero attached hydrogens (tertiary/aromatic N) is 2. The SMILES string of the molecule is CCCCOCCCN=C(NCC)N1CCC(OCCCOC)CC1.I. The lowest BCUT2D eigenvalue weighted by molar-refractivity contribution is 0.00990. The molecule has 0 aromatic carbocycles. The summed E-state index contributed by atoms with van der Waals surface area (Å²) in [6.45, 7) is 11.3. The predicted octanol–water partition coefficient (Wildman–Crippen LogP) is 3.29. The lowest BCUT2D eigenvalue weighted by atomic mass is 10.1. The number of halogens is 1. The van der Waals surface area contributed by atoms with E-state index in [2.05, 4.69) is 24.1 Å². The third-order valence-corrected chi connectivity index (χ3v) is 4.27. The second-order valence-electron chi connectivity index (χ2n) is 6.46. The molecule has 0 spiro atoms. The molecule has 1 N–H and O–H groups in total. The van der Waals surface area contributed by atoms with Crippen LogP contribution in [0.4, 0.5) is 0 Å². The molecule has 1 aliphatic rings. The Balaban J connectivity index is 0.00000625. The Bertz CT molecular complexity index is 338. The van der Waals surface area contributed by atoms with E-state index >= 15 is 0 Å². The van der Waals surface area contributed by atoms with Crippen molar-refractivity contribution in [2.45, 2.75) is 58.5 Å². The summed E-state index contributed by atoms with van der Waals surface area (Å²) >= 11 is 0. The van der Waals surface area contributed by atoms with Gasteiger partial charge in [-0.1, -0.05) is 13.3 Å². The summed E-state index contributed by atoms with van der Waals surface area (Å²) in [7, 11) is 1.73. The summed E-state index contributed by atoms with van der Waals surface area (Å²) in [5, 5.41) is 3.42. The van der Waals surface area contributed by atoms with E-state index in [4.69, 9.17) is 19.2 Å². The fraction of sp³-hybridized carbons (Fsp3) is 0.947. The quantitative estimate of drug-likeness (QED) is 0.188. The van der Waals surface area contributed by atoms with Gasteiger partial charge in [0.05, 0.1) is 6.10 Å². The summed E-state index contributed by atoms with van der Waals surface area (Å²) in [6, 6.07) is 0. The molecule has 26 heavy (non-hydrogen) atoms. The van der Waals surface area contributed by atoms with Crippen molar-refractivity contribution in [3.63, 3.8) is 0 Å². The number of aliphatic imine (C=N–C) groups is 1. The van der Waals surface area contributed by atoms with Crippen LogP contribution in [0, 0.1) is 0 Å². The van der Waals surface area contributed by atoms with Gasteiger partial charge in [-0.15, -0.1) is 24.0 Å². The number of piperidine rings is 1. The lowest BCUT2D eigenvalue weighted by Crippen LogP contribution is -2.47. The first-order valence-electron chi connectivity index (χ1n) is 10.0. The van der Waals surface area contributed by atoms with Crippen LogP contribution in [-0.4, -0.2) is 76.7 Å². The summed E-state index contributed by atoms with van der Waals surface area (Å²) in [5.74, 6) is 1.04. The van der Waals surface area contributed by atoms with Crippen LogP contribution in [0.25, 0.3) is 0 Å². The Morgan fingerprint density at radius 2 is 1.77 bits per heavy atom. The van der Waals surface area contributed by atoms with Crippen molar-refractivity contribution in [1.29, 1.82) is 0 Å². The summed E-state index contributed by atoms with van der Waals surface area (Å²) in [4.78, 5) is 7.12. The van der Waals surface area contributed by atoms with E-state index in [1.807, 2.05) is 0 Å². The maximum atomic E-state index is 5.93. The van der Waals surface area contributed by atoms with E-state index in [-0.39, 0.29) is 24.0 Å². The van der Waals surface area contributed by atoms with Gasteiger partial charge in [0.15, 0.2) is 5.96 Å². The van der Waals surface area contributed by atoms with Crippen molar-refractivity contribution in [3.05, 3.63) is 0 Å². The minimum absolute atomic E-state index is 0. The molecule has 0 bridgehead atoms. The molecular weight excluding hydrogens is 445 g/mol. The smallest absolute Gasteiger partial charge is 0.193 e. The number of rotatable bonds is 13. The number of likely N-dealkylation sites (tertiary alicyclic amines) is 1. The molecule has 7 heteroatoms. The van der Waals surface area contributed by atoms with Crippen LogP contribution in [-0.2, 0) is 14.2 Å². The summed E-state index contributed by atoms with van der Waals surface area (Å²) < 4.78 is 16.6. The molecule has 0 unspecified atom stereocenters. The average Bonchev–Trinajstić information content (AvgIpc) is 2.64. The third-order valence-electron chi connectivity index (χ3n) is 4.27. The number of unbranched alkanes of at least 4 members (excludes halogenated alkanes) is 1. The molecule has 1 rings (SSSR count). The van der Waals surface area contributed by atoms with Gasteiger partial charge in [-0.05, 0) is 39.0 Å². The maximum absolute atomic E-state index is 5.93. The normalized spacial score (nSPS) is 15.8. The van der Waals surface area contributed by atoms with E-state index in [0.717, 1.165) is 90.7 Å². The molecule has 6 nitrogen and oxygen atoms in total. The number of guanidine groups is 1. The fourth-order valence-electron chi connectivity index (χ4n) is 2.81. The zero-order valence-corrected chi connectivity index (χ0v) is 19.3. The van der Waals surface area contributed by atoms with E-state index in [0.29, 0.717) is 6.10 Å². The fourth-order valence-corrected chi connectivity index (χ4v) is 2.81. The highest BCUT2D eigenvalue weighted by Crippen LogP contribution is 2.14. The highest BCUT2D eigenvalue weighted by molar-refractivity contribution is 14.0. The van der Waals surface area contributed by atoms with Gasteiger partial charge in [-0.2, -0.15) is 0 Å². The largest absolute Gasteiger partial charge is 0.385 e. The van der Waals surface area contributed by atoms with Crippen LogP contribution in [0.5, 0.6) is 0 Å².